The van der Waals surface area contributed by atoms with E-state index in [9.17, 15) is 4.79 Å². The van der Waals surface area contributed by atoms with Gasteiger partial charge in [-0.05, 0) is 42.0 Å². The molecule has 0 unspecified atom stereocenters. The molecule has 25 heavy (non-hydrogen) atoms. The van der Waals surface area contributed by atoms with Crippen LogP contribution in [0.4, 0.5) is 0 Å². The zero-order valence-corrected chi connectivity index (χ0v) is 14.3. The Morgan fingerprint density at radius 1 is 1.24 bits per heavy atom. The monoisotopic (exact) mass is 340 g/mol. The van der Waals surface area contributed by atoms with Gasteiger partial charge in [0.1, 0.15) is 11.9 Å². The minimum absolute atomic E-state index is 0.109. The Balaban J connectivity index is 1.56. The molecule has 5 rings (SSSR count). The Kier molecular flexibility index (Phi) is 3.00. The van der Waals surface area contributed by atoms with Gasteiger partial charge < -0.3 is 18.9 Å². The van der Waals surface area contributed by atoms with E-state index in [0.29, 0.717) is 11.7 Å². The Hall–Kier alpha value is -2.43. The highest BCUT2D eigenvalue weighted by Gasteiger charge is 2.56. The van der Waals surface area contributed by atoms with Gasteiger partial charge in [0.05, 0.1) is 12.5 Å². The van der Waals surface area contributed by atoms with Crippen LogP contribution >= 0.6 is 0 Å². The molecule has 2 bridgehead atoms. The average Bonchev–Trinajstić information content (AvgIpc) is 3.19. The third-order valence-electron chi connectivity index (χ3n) is 6.19. The van der Waals surface area contributed by atoms with Crippen molar-refractivity contribution in [3.8, 4) is 11.5 Å². The van der Waals surface area contributed by atoms with Gasteiger partial charge in [-0.1, -0.05) is 13.0 Å². The summed E-state index contributed by atoms with van der Waals surface area (Å²) in [6.45, 7) is 2.52. The molecule has 0 radical (unpaired) electrons. The minimum atomic E-state index is -0.261. The summed E-state index contributed by atoms with van der Waals surface area (Å²) >= 11 is 0. The molecule has 2 aliphatic carbocycles. The highest BCUT2D eigenvalue weighted by Crippen LogP contribution is 2.61. The van der Waals surface area contributed by atoms with Crippen molar-refractivity contribution in [3.63, 3.8) is 0 Å². The van der Waals surface area contributed by atoms with Crippen LogP contribution in [0.5, 0.6) is 11.5 Å². The fourth-order valence-electron chi connectivity index (χ4n) is 4.85. The number of rotatable bonds is 2. The van der Waals surface area contributed by atoms with Crippen molar-refractivity contribution in [1.82, 2.24) is 0 Å². The molecule has 1 saturated heterocycles. The number of fused-ring (bicyclic) bond motifs is 2. The molecule has 2 aliphatic heterocycles. The van der Waals surface area contributed by atoms with E-state index in [4.69, 9.17) is 18.9 Å². The van der Waals surface area contributed by atoms with Crippen LogP contribution < -0.4 is 9.47 Å². The molecule has 5 nitrogen and oxygen atoms in total. The van der Waals surface area contributed by atoms with E-state index in [0.717, 1.165) is 30.1 Å². The topological polar surface area (TPSA) is 54.0 Å². The van der Waals surface area contributed by atoms with E-state index in [-0.39, 0.29) is 30.0 Å². The van der Waals surface area contributed by atoms with Crippen molar-refractivity contribution in [3.05, 3.63) is 47.4 Å². The third kappa shape index (κ3) is 1.98. The van der Waals surface area contributed by atoms with Gasteiger partial charge in [0.25, 0.3) is 0 Å². The second-order valence-electron chi connectivity index (χ2n) is 7.31. The zero-order valence-electron chi connectivity index (χ0n) is 14.3. The van der Waals surface area contributed by atoms with E-state index in [1.807, 2.05) is 12.1 Å². The fourth-order valence-corrected chi connectivity index (χ4v) is 4.85. The number of ketones is 1. The Bertz CT molecular complexity index is 823. The van der Waals surface area contributed by atoms with Crippen LogP contribution in [0.1, 0.15) is 31.2 Å². The zero-order chi connectivity index (χ0) is 17.2. The summed E-state index contributed by atoms with van der Waals surface area (Å²) < 4.78 is 22.4. The molecule has 1 aromatic rings. The second-order valence-corrected chi connectivity index (χ2v) is 7.31. The first kappa shape index (κ1) is 14.9. The molecule has 4 atom stereocenters. The predicted octanol–water partition coefficient (Wildman–Crippen LogP) is 3.31. The van der Waals surface area contributed by atoms with Crippen molar-refractivity contribution in [2.75, 3.05) is 13.9 Å². The summed E-state index contributed by atoms with van der Waals surface area (Å²) in [7, 11) is 1.55. The van der Waals surface area contributed by atoms with E-state index in [1.165, 1.54) is 5.56 Å². The lowest BCUT2D eigenvalue weighted by Crippen LogP contribution is -2.37. The molecule has 0 aromatic heterocycles. The lowest BCUT2D eigenvalue weighted by Gasteiger charge is -2.41. The van der Waals surface area contributed by atoms with Gasteiger partial charge in [-0.3, -0.25) is 4.79 Å². The minimum Gasteiger partial charge on any atom is -0.494 e. The Morgan fingerprint density at radius 2 is 2.08 bits per heavy atom. The van der Waals surface area contributed by atoms with Crippen LogP contribution in [0.2, 0.25) is 0 Å². The van der Waals surface area contributed by atoms with E-state index in [2.05, 4.69) is 19.1 Å². The summed E-state index contributed by atoms with van der Waals surface area (Å²) in [5.74, 6) is 3.34. The van der Waals surface area contributed by atoms with Crippen molar-refractivity contribution >= 4 is 5.78 Å². The number of ether oxygens (including phenoxy) is 4. The number of carbonyl (C=O) groups is 1. The lowest BCUT2D eigenvalue weighted by atomic mass is 9.59. The standard InChI is InChI=1S/C20H20O5/c1-11-14(12-3-4-16-17(5-12)24-10-23-16)6-13-8-20(11)9-18(22-2)15(21)7-19(20)25-13/h3-5,7,9,11,13-14H,6,8,10H2,1-2H3/t11-,13-,14+,20+/m1/s1. The maximum atomic E-state index is 12.2. The van der Waals surface area contributed by atoms with Crippen LogP contribution in [-0.4, -0.2) is 25.8 Å². The SMILES string of the molecule is COC1=C[C@@]23C[C@@H](C[C@H](c4ccc5c(c4)OCO5)[C@H]2C)OC3=CC1=O. The predicted molar refractivity (Wildman–Crippen MR) is 89.2 cm³/mol. The van der Waals surface area contributed by atoms with Gasteiger partial charge in [0.15, 0.2) is 17.3 Å². The van der Waals surface area contributed by atoms with Gasteiger partial charge in [-0.25, -0.2) is 0 Å². The van der Waals surface area contributed by atoms with Crippen molar-refractivity contribution in [1.29, 1.82) is 0 Å². The maximum Gasteiger partial charge on any atom is 0.231 e. The highest BCUT2D eigenvalue weighted by atomic mass is 16.7. The van der Waals surface area contributed by atoms with Crippen molar-refractivity contribution in [2.45, 2.75) is 31.8 Å². The summed E-state index contributed by atoms with van der Waals surface area (Å²) in [4.78, 5) is 12.2. The molecule has 1 saturated carbocycles. The average molecular weight is 340 g/mol. The Morgan fingerprint density at radius 3 is 2.92 bits per heavy atom. The van der Waals surface area contributed by atoms with Crippen molar-refractivity contribution < 1.29 is 23.7 Å². The Labute approximate surface area is 146 Å². The van der Waals surface area contributed by atoms with Crippen LogP contribution in [0.25, 0.3) is 0 Å². The number of allylic oxidation sites excluding steroid dienone is 2. The van der Waals surface area contributed by atoms with Crippen LogP contribution in [0.3, 0.4) is 0 Å². The van der Waals surface area contributed by atoms with Gasteiger partial charge in [0.2, 0.25) is 12.6 Å². The fraction of sp³-hybridized carbons (Fsp3) is 0.450. The molecule has 1 spiro atoms. The summed E-state index contributed by atoms with van der Waals surface area (Å²) in [6.07, 6.45) is 5.58. The summed E-state index contributed by atoms with van der Waals surface area (Å²) in [5, 5.41) is 0. The third-order valence-corrected chi connectivity index (χ3v) is 6.19. The molecule has 1 aromatic carbocycles. The summed E-state index contributed by atoms with van der Waals surface area (Å²) in [5.41, 5.74) is 0.971. The van der Waals surface area contributed by atoms with E-state index < -0.39 is 0 Å². The van der Waals surface area contributed by atoms with Gasteiger partial charge in [0, 0.05) is 12.5 Å². The summed E-state index contributed by atoms with van der Waals surface area (Å²) in [6, 6.07) is 6.19. The molecule has 0 N–H and O–H groups in total. The van der Waals surface area contributed by atoms with Gasteiger partial charge in [-0.15, -0.1) is 0 Å². The number of benzene rings is 1. The number of methoxy groups -OCH3 is 1. The van der Waals surface area contributed by atoms with Crippen LogP contribution in [0, 0.1) is 11.3 Å². The number of hydrogen-bond donors (Lipinski definition) is 0. The smallest absolute Gasteiger partial charge is 0.231 e. The molecule has 2 heterocycles. The van der Waals surface area contributed by atoms with Gasteiger partial charge >= 0.3 is 0 Å². The first-order valence-corrected chi connectivity index (χ1v) is 8.70. The maximum absolute atomic E-state index is 12.2. The molecule has 2 fully saturated rings. The van der Waals surface area contributed by atoms with Crippen LogP contribution in [0.15, 0.2) is 41.9 Å². The van der Waals surface area contributed by atoms with Crippen LogP contribution in [-0.2, 0) is 14.3 Å². The second kappa shape index (κ2) is 5.04. The molecule has 5 heteroatoms. The highest BCUT2D eigenvalue weighted by molar-refractivity contribution is 6.04. The van der Waals surface area contributed by atoms with Gasteiger partial charge in [-0.2, -0.15) is 0 Å². The normalized spacial score (nSPS) is 34.8. The number of hydrogen-bond acceptors (Lipinski definition) is 5. The molecular formula is C20H20O5. The quantitative estimate of drug-likeness (QED) is 0.827. The largest absolute Gasteiger partial charge is 0.494 e. The lowest BCUT2D eigenvalue weighted by molar-refractivity contribution is -0.114. The van der Waals surface area contributed by atoms with E-state index >= 15 is 0 Å². The molecule has 0 amide bonds. The first-order chi connectivity index (χ1) is 12.1. The number of carbonyl (C=O) groups excluding carboxylic acids is 1. The molecule has 4 aliphatic rings. The van der Waals surface area contributed by atoms with Crippen molar-refractivity contribution in [2.24, 2.45) is 11.3 Å². The molecule has 130 valence electrons. The van der Waals surface area contributed by atoms with E-state index in [1.54, 1.807) is 13.2 Å². The first-order valence-electron chi connectivity index (χ1n) is 8.70. The molecular weight excluding hydrogens is 320 g/mol.